The van der Waals surface area contributed by atoms with Crippen LogP contribution in [0.2, 0.25) is 0 Å². The van der Waals surface area contributed by atoms with E-state index in [4.69, 9.17) is 0 Å². The first-order chi connectivity index (χ1) is 9.22. The molecule has 2 rings (SSSR count). The molecule has 1 heterocycles. The summed E-state index contributed by atoms with van der Waals surface area (Å²) in [6.45, 7) is 0. The van der Waals surface area contributed by atoms with Crippen molar-refractivity contribution in [1.29, 1.82) is 0 Å². The number of aromatic nitrogens is 3. The average Bonchev–Trinajstić information content (AvgIpc) is 2.51. The Morgan fingerprint density at radius 2 is 1.95 bits per heavy atom. The standard InChI is InChI=1S/C13H12BrFN4/c1-16-11-6-7-17-8-18-19-13(12(11)14)9-2-4-10(15)5-3-9/h2-8,16H,1H3,(H,17,18). The largest absolute Gasteiger partial charge is 0.387 e. The van der Waals surface area contributed by atoms with Gasteiger partial charge in [0.1, 0.15) is 17.8 Å². The summed E-state index contributed by atoms with van der Waals surface area (Å²) in [6, 6.07) is 7.94. The van der Waals surface area contributed by atoms with Crippen molar-refractivity contribution in [3.05, 3.63) is 53.1 Å². The van der Waals surface area contributed by atoms with E-state index in [9.17, 15) is 4.39 Å². The van der Waals surface area contributed by atoms with Crippen molar-refractivity contribution < 1.29 is 4.39 Å². The first-order valence-electron chi connectivity index (χ1n) is 5.57. The fourth-order valence-electron chi connectivity index (χ4n) is 1.53. The van der Waals surface area contributed by atoms with Gasteiger partial charge in [0.2, 0.25) is 0 Å². The molecule has 0 spiro atoms. The normalized spacial score (nSPS) is 9.84. The molecule has 0 bridgehead atoms. The Hall–Kier alpha value is -1.95. The molecule has 19 heavy (non-hydrogen) atoms. The molecule has 6 heteroatoms. The maximum absolute atomic E-state index is 13.0. The number of aromatic amines is 1. The number of hydrogen-bond donors (Lipinski definition) is 2. The van der Waals surface area contributed by atoms with Gasteiger partial charge in [-0.3, -0.25) is 5.10 Å². The van der Waals surface area contributed by atoms with Crippen molar-refractivity contribution in [2.24, 2.45) is 0 Å². The highest BCUT2D eigenvalue weighted by atomic mass is 79.9. The van der Waals surface area contributed by atoms with E-state index < -0.39 is 0 Å². The number of halogens is 2. The van der Waals surface area contributed by atoms with Gasteiger partial charge in [0.15, 0.2) is 0 Å². The summed E-state index contributed by atoms with van der Waals surface area (Å²) in [7, 11) is 1.80. The lowest BCUT2D eigenvalue weighted by Crippen LogP contribution is -1.91. The van der Waals surface area contributed by atoms with E-state index in [1.807, 2.05) is 6.07 Å². The smallest absolute Gasteiger partial charge is 0.123 e. The minimum absolute atomic E-state index is 0.282. The van der Waals surface area contributed by atoms with Gasteiger partial charge in [-0.2, -0.15) is 5.10 Å². The van der Waals surface area contributed by atoms with Crippen LogP contribution in [0.1, 0.15) is 0 Å². The van der Waals surface area contributed by atoms with Crippen LogP contribution in [0, 0.1) is 5.82 Å². The van der Waals surface area contributed by atoms with E-state index in [1.165, 1.54) is 18.5 Å². The summed E-state index contributed by atoms with van der Waals surface area (Å²) < 4.78 is 13.7. The molecule has 98 valence electrons. The summed E-state index contributed by atoms with van der Waals surface area (Å²) >= 11 is 3.50. The van der Waals surface area contributed by atoms with Gasteiger partial charge in [-0.25, -0.2) is 9.37 Å². The number of rotatable bonds is 2. The van der Waals surface area contributed by atoms with Crippen LogP contribution < -0.4 is 5.32 Å². The molecule has 0 amide bonds. The first-order valence-corrected chi connectivity index (χ1v) is 6.37. The third kappa shape index (κ3) is 3.29. The van der Waals surface area contributed by atoms with E-state index in [-0.39, 0.29) is 5.82 Å². The number of nitrogens with one attached hydrogen (secondary N) is 2. The van der Waals surface area contributed by atoms with Gasteiger partial charge in [-0.15, -0.1) is 0 Å². The average molecular weight is 323 g/mol. The fraction of sp³-hybridized carbons (Fsp3) is 0.0769. The number of nitrogens with zero attached hydrogens (tertiary/aromatic N) is 2. The summed E-state index contributed by atoms with van der Waals surface area (Å²) in [4.78, 5) is 3.99. The maximum atomic E-state index is 13.0. The summed E-state index contributed by atoms with van der Waals surface area (Å²) in [6.07, 6.45) is 3.11. The highest BCUT2D eigenvalue weighted by molar-refractivity contribution is 9.10. The number of anilines is 1. The van der Waals surface area contributed by atoms with Crippen molar-refractivity contribution in [1.82, 2.24) is 15.2 Å². The molecular weight excluding hydrogens is 311 g/mol. The molecule has 0 aliphatic rings. The van der Waals surface area contributed by atoms with Gasteiger partial charge >= 0.3 is 0 Å². The maximum Gasteiger partial charge on any atom is 0.123 e. The van der Waals surface area contributed by atoms with E-state index in [1.54, 1.807) is 25.4 Å². The summed E-state index contributed by atoms with van der Waals surface area (Å²) in [5.41, 5.74) is 2.27. The molecule has 0 fully saturated rings. The van der Waals surface area contributed by atoms with Crippen LogP contribution in [-0.2, 0) is 0 Å². The zero-order chi connectivity index (χ0) is 13.7. The number of H-pyrrole nitrogens is 1. The molecule has 0 saturated heterocycles. The third-order valence-electron chi connectivity index (χ3n) is 2.47. The lowest BCUT2D eigenvalue weighted by Gasteiger charge is -2.05. The summed E-state index contributed by atoms with van der Waals surface area (Å²) in [5, 5.41) is 10.0. The quantitative estimate of drug-likeness (QED) is 0.889. The highest BCUT2D eigenvalue weighted by Crippen LogP contribution is 2.30. The third-order valence-corrected chi connectivity index (χ3v) is 3.27. The molecule has 2 aromatic rings. The van der Waals surface area contributed by atoms with Crippen LogP contribution >= 0.6 is 15.9 Å². The number of hydrogen-bond acceptors (Lipinski definition) is 3. The molecular formula is C13H12BrFN4. The minimum Gasteiger partial charge on any atom is -0.387 e. The molecule has 0 saturated carbocycles. The highest BCUT2D eigenvalue weighted by Gasteiger charge is 2.06. The first kappa shape index (κ1) is 13.5. The Morgan fingerprint density at radius 3 is 2.63 bits per heavy atom. The molecule has 0 aliphatic carbocycles. The second-order valence-electron chi connectivity index (χ2n) is 3.67. The zero-order valence-corrected chi connectivity index (χ0v) is 11.8. The van der Waals surface area contributed by atoms with Crippen LogP contribution in [0.25, 0.3) is 11.3 Å². The van der Waals surface area contributed by atoms with Crippen molar-refractivity contribution in [2.75, 3.05) is 12.4 Å². The van der Waals surface area contributed by atoms with E-state index >= 15 is 0 Å². The fourth-order valence-corrected chi connectivity index (χ4v) is 2.18. The van der Waals surface area contributed by atoms with Crippen LogP contribution in [0.5, 0.6) is 0 Å². The van der Waals surface area contributed by atoms with Gasteiger partial charge in [-0.05, 0) is 46.3 Å². The molecule has 0 atom stereocenters. The minimum atomic E-state index is -0.282. The zero-order valence-electron chi connectivity index (χ0n) is 10.2. The van der Waals surface area contributed by atoms with Crippen LogP contribution in [0.3, 0.4) is 0 Å². The Bertz CT molecular complexity index is 608. The van der Waals surface area contributed by atoms with E-state index in [0.717, 1.165) is 15.7 Å². The van der Waals surface area contributed by atoms with Crippen LogP contribution in [0.15, 0.2) is 47.3 Å². The second kappa shape index (κ2) is 6.29. The van der Waals surface area contributed by atoms with Gasteiger partial charge in [0, 0.05) is 18.8 Å². The molecule has 0 aliphatic heterocycles. The molecule has 1 aromatic carbocycles. The van der Waals surface area contributed by atoms with E-state index in [0.29, 0.717) is 5.69 Å². The molecule has 4 nitrogen and oxygen atoms in total. The predicted molar refractivity (Wildman–Crippen MR) is 76.7 cm³/mol. The lowest BCUT2D eigenvalue weighted by atomic mass is 10.1. The Balaban J connectivity index is 2.69. The van der Waals surface area contributed by atoms with Crippen LogP contribution in [-0.4, -0.2) is 22.2 Å². The van der Waals surface area contributed by atoms with Crippen molar-refractivity contribution in [3.63, 3.8) is 0 Å². The lowest BCUT2D eigenvalue weighted by molar-refractivity contribution is 0.628. The molecule has 2 N–H and O–H groups in total. The Labute approximate surface area is 118 Å². The molecule has 0 radical (unpaired) electrons. The predicted octanol–water partition coefficient (Wildman–Crippen LogP) is 3.54. The van der Waals surface area contributed by atoms with Gasteiger partial charge in [0.25, 0.3) is 0 Å². The number of benzene rings is 1. The second-order valence-corrected chi connectivity index (χ2v) is 4.46. The van der Waals surface area contributed by atoms with Crippen LogP contribution in [0.4, 0.5) is 10.1 Å². The Kier molecular flexibility index (Phi) is 4.46. The van der Waals surface area contributed by atoms with Crippen molar-refractivity contribution >= 4 is 21.6 Å². The van der Waals surface area contributed by atoms with Crippen molar-refractivity contribution in [2.45, 2.75) is 0 Å². The van der Waals surface area contributed by atoms with Crippen molar-refractivity contribution in [3.8, 4) is 11.3 Å². The monoisotopic (exact) mass is 322 g/mol. The van der Waals surface area contributed by atoms with Gasteiger partial charge in [-0.1, -0.05) is 0 Å². The topological polar surface area (TPSA) is 53.6 Å². The molecule has 1 aromatic heterocycles. The summed E-state index contributed by atoms with van der Waals surface area (Å²) in [5.74, 6) is -0.282. The van der Waals surface area contributed by atoms with Gasteiger partial charge < -0.3 is 5.32 Å². The van der Waals surface area contributed by atoms with E-state index in [2.05, 4.69) is 36.4 Å². The Morgan fingerprint density at radius 1 is 1.21 bits per heavy atom. The SMILES string of the molecule is CNc1ccnc[nH]nc(-c2ccc(F)cc2)c1Br. The molecule has 0 unspecified atom stereocenters. The van der Waals surface area contributed by atoms with Gasteiger partial charge in [0.05, 0.1) is 10.2 Å².